The monoisotopic (exact) mass is 328 g/mol. The summed E-state index contributed by atoms with van der Waals surface area (Å²) >= 11 is 0. The van der Waals surface area contributed by atoms with Crippen molar-refractivity contribution < 1.29 is 14.7 Å². The lowest BCUT2D eigenvalue weighted by atomic mass is 10.0. The normalized spacial score (nSPS) is 10.0. The van der Waals surface area contributed by atoms with Crippen LogP contribution in [0.25, 0.3) is 0 Å². The van der Waals surface area contributed by atoms with Gasteiger partial charge in [0.15, 0.2) is 0 Å². The largest absolute Gasteiger partial charge is 0.481 e. The molecule has 0 aromatic rings. The average Bonchev–Trinajstić information content (AvgIpc) is 2.53. The third-order valence-electron chi connectivity index (χ3n) is 3.90. The lowest BCUT2D eigenvalue weighted by Crippen LogP contribution is -1.93. The van der Waals surface area contributed by atoms with E-state index in [1.165, 1.54) is 70.6 Å². The zero-order valence-corrected chi connectivity index (χ0v) is 15.7. The molecule has 0 aliphatic carbocycles. The smallest absolute Gasteiger partial charge is 0.303 e. The van der Waals surface area contributed by atoms with Gasteiger partial charge in [-0.15, -0.1) is 0 Å². The number of unbranched alkanes of at least 4 members (excludes halogenated alkanes) is 13. The van der Waals surface area contributed by atoms with Gasteiger partial charge < -0.3 is 9.90 Å². The Morgan fingerprint density at radius 1 is 0.696 bits per heavy atom. The molecule has 0 heterocycles. The third-order valence-corrected chi connectivity index (χ3v) is 3.90. The summed E-state index contributed by atoms with van der Waals surface area (Å²) in [6.07, 6.45) is 19.9. The third kappa shape index (κ3) is 29.7. The summed E-state index contributed by atoms with van der Waals surface area (Å²) in [5.41, 5.74) is 0. The topological polar surface area (TPSA) is 54.4 Å². The highest BCUT2D eigenvalue weighted by Crippen LogP contribution is 2.12. The average molecular weight is 329 g/mol. The van der Waals surface area contributed by atoms with E-state index in [4.69, 9.17) is 5.11 Å². The van der Waals surface area contributed by atoms with E-state index in [1.807, 2.05) is 6.92 Å². The van der Waals surface area contributed by atoms with Gasteiger partial charge in [0.2, 0.25) is 0 Å². The second kappa shape index (κ2) is 23.4. The predicted octanol–water partition coefficient (Wildman–Crippen LogP) is 6.54. The number of carbonyl (C=O) groups excluding carboxylic acids is 1. The van der Waals surface area contributed by atoms with Crippen LogP contribution < -0.4 is 0 Å². The molecule has 3 heteroatoms. The van der Waals surface area contributed by atoms with E-state index in [2.05, 4.69) is 6.92 Å². The Labute approximate surface area is 144 Å². The van der Waals surface area contributed by atoms with Crippen molar-refractivity contribution in [3.8, 4) is 0 Å². The molecule has 3 nitrogen and oxygen atoms in total. The SMILES string of the molecule is CCCC=O.CCCCCCCCCCCCCCCC(=O)O. The molecule has 0 aromatic carbocycles. The first kappa shape index (κ1) is 24.4. The molecule has 0 aliphatic heterocycles. The highest BCUT2D eigenvalue weighted by Gasteiger charge is 1.96. The van der Waals surface area contributed by atoms with Gasteiger partial charge in [0.25, 0.3) is 0 Å². The fourth-order valence-corrected chi connectivity index (χ4v) is 2.41. The van der Waals surface area contributed by atoms with Gasteiger partial charge in [-0.05, 0) is 12.8 Å². The van der Waals surface area contributed by atoms with E-state index in [0.717, 1.165) is 25.5 Å². The lowest BCUT2D eigenvalue weighted by molar-refractivity contribution is -0.137. The van der Waals surface area contributed by atoms with Gasteiger partial charge in [0.1, 0.15) is 6.29 Å². The first-order valence-corrected chi connectivity index (χ1v) is 9.84. The lowest BCUT2D eigenvalue weighted by Gasteiger charge is -2.02. The molecule has 0 aromatic heterocycles. The van der Waals surface area contributed by atoms with Crippen molar-refractivity contribution in [2.75, 3.05) is 0 Å². The fourth-order valence-electron chi connectivity index (χ4n) is 2.41. The van der Waals surface area contributed by atoms with E-state index < -0.39 is 5.97 Å². The number of aliphatic carboxylic acids is 1. The maximum absolute atomic E-state index is 10.3. The zero-order chi connectivity index (χ0) is 17.6. The van der Waals surface area contributed by atoms with Crippen molar-refractivity contribution in [1.29, 1.82) is 0 Å². The number of rotatable bonds is 16. The van der Waals surface area contributed by atoms with Crippen molar-refractivity contribution in [1.82, 2.24) is 0 Å². The van der Waals surface area contributed by atoms with E-state index in [-0.39, 0.29) is 0 Å². The van der Waals surface area contributed by atoms with Crippen molar-refractivity contribution in [2.45, 2.75) is 117 Å². The van der Waals surface area contributed by atoms with Crippen molar-refractivity contribution in [3.05, 3.63) is 0 Å². The molecule has 0 bridgehead atoms. The Balaban J connectivity index is 0. The number of carboxylic acid groups (broad SMARTS) is 1. The summed E-state index contributed by atoms with van der Waals surface area (Å²) in [5, 5.41) is 8.49. The Bertz CT molecular complexity index is 239. The summed E-state index contributed by atoms with van der Waals surface area (Å²) in [5.74, 6) is -0.655. The number of hydrogen-bond acceptors (Lipinski definition) is 2. The Morgan fingerprint density at radius 2 is 1.09 bits per heavy atom. The molecule has 0 aliphatic rings. The van der Waals surface area contributed by atoms with Crippen LogP contribution in [-0.2, 0) is 9.59 Å². The molecule has 0 fully saturated rings. The van der Waals surface area contributed by atoms with Crippen LogP contribution in [0.1, 0.15) is 117 Å². The second-order valence-electron chi connectivity index (χ2n) is 6.34. The maximum Gasteiger partial charge on any atom is 0.303 e. The molecule has 138 valence electrons. The van der Waals surface area contributed by atoms with Crippen LogP contribution in [0.5, 0.6) is 0 Å². The molecule has 0 unspecified atom stereocenters. The molecule has 0 amide bonds. The Morgan fingerprint density at radius 3 is 1.35 bits per heavy atom. The van der Waals surface area contributed by atoms with Crippen LogP contribution >= 0.6 is 0 Å². The highest BCUT2D eigenvalue weighted by molar-refractivity contribution is 5.66. The highest BCUT2D eigenvalue weighted by atomic mass is 16.4. The van der Waals surface area contributed by atoms with Crippen LogP contribution in [0.4, 0.5) is 0 Å². The maximum atomic E-state index is 10.3. The first-order chi connectivity index (χ1) is 11.2. The molecule has 0 saturated carbocycles. The van der Waals surface area contributed by atoms with Gasteiger partial charge in [-0.1, -0.05) is 90.9 Å². The van der Waals surface area contributed by atoms with Crippen LogP contribution in [0, 0.1) is 0 Å². The molecular formula is C20H40O3. The standard InChI is InChI=1S/C16H32O2.C4H8O/c1-2-3-4-5-6-7-8-9-10-11-12-13-14-15-16(17)18;1-2-3-4-5/h2-15H2,1H3,(H,17,18);4H,2-3H2,1H3. The fraction of sp³-hybridized carbons (Fsp3) is 0.900. The summed E-state index contributed by atoms with van der Waals surface area (Å²) in [6.45, 7) is 4.24. The van der Waals surface area contributed by atoms with Crippen molar-refractivity contribution in [3.63, 3.8) is 0 Å². The van der Waals surface area contributed by atoms with Crippen LogP contribution in [0.3, 0.4) is 0 Å². The number of aldehydes is 1. The van der Waals surface area contributed by atoms with E-state index in [9.17, 15) is 9.59 Å². The van der Waals surface area contributed by atoms with Gasteiger partial charge >= 0.3 is 5.97 Å². The van der Waals surface area contributed by atoms with Crippen LogP contribution in [0.15, 0.2) is 0 Å². The van der Waals surface area contributed by atoms with Gasteiger partial charge in [0, 0.05) is 12.8 Å². The quantitative estimate of drug-likeness (QED) is 0.258. The van der Waals surface area contributed by atoms with Crippen LogP contribution in [-0.4, -0.2) is 17.4 Å². The molecule has 1 N–H and O–H groups in total. The molecule has 23 heavy (non-hydrogen) atoms. The van der Waals surface area contributed by atoms with Crippen LogP contribution in [0.2, 0.25) is 0 Å². The minimum Gasteiger partial charge on any atom is -0.481 e. The molecule has 0 spiro atoms. The Kier molecular flexibility index (Phi) is 24.8. The van der Waals surface area contributed by atoms with Gasteiger partial charge in [-0.3, -0.25) is 4.79 Å². The predicted molar refractivity (Wildman–Crippen MR) is 98.9 cm³/mol. The Hall–Kier alpha value is -0.860. The van der Waals surface area contributed by atoms with Gasteiger partial charge in [-0.2, -0.15) is 0 Å². The van der Waals surface area contributed by atoms with E-state index in [0.29, 0.717) is 12.8 Å². The molecule has 0 radical (unpaired) electrons. The molecule has 0 atom stereocenters. The van der Waals surface area contributed by atoms with Crippen molar-refractivity contribution >= 4 is 12.3 Å². The van der Waals surface area contributed by atoms with Gasteiger partial charge in [-0.25, -0.2) is 0 Å². The number of carbonyl (C=O) groups is 2. The van der Waals surface area contributed by atoms with E-state index >= 15 is 0 Å². The minimum absolute atomic E-state index is 0.345. The minimum atomic E-state index is -0.655. The summed E-state index contributed by atoms with van der Waals surface area (Å²) in [6, 6.07) is 0. The van der Waals surface area contributed by atoms with E-state index in [1.54, 1.807) is 0 Å². The molecular weight excluding hydrogens is 288 g/mol. The molecule has 0 rings (SSSR count). The summed E-state index contributed by atoms with van der Waals surface area (Å²) in [4.78, 5) is 19.7. The number of hydrogen-bond donors (Lipinski definition) is 1. The molecule has 0 saturated heterocycles. The summed E-state index contributed by atoms with van der Waals surface area (Å²) < 4.78 is 0. The first-order valence-electron chi connectivity index (χ1n) is 9.84. The zero-order valence-electron chi connectivity index (χ0n) is 15.7. The summed E-state index contributed by atoms with van der Waals surface area (Å²) in [7, 11) is 0. The second-order valence-corrected chi connectivity index (χ2v) is 6.34. The van der Waals surface area contributed by atoms with Gasteiger partial charge in [0.05, 0.1) is 0 Å². The number of carboxylic acids is 1. The van der Waals surface area contributed by atoms with Crippen molar-refractivity contribution in [2.24, 2.45) is 0 Å².